The molecule has 0 aliphatic carbocycles. The van der Waals surface area contributed by atoms with Crippen LogP contribution in [0.2, 0.25) is 0 Å². The van der Waals surface area contributed by atoms with Gasteiger partial charge in [0.15, 0.2) is 0 Å². The van der Waals surface area contributed by atoms with Gasteiger partial charge in [0.25, 0.3) is 0 Å². The van der Waals surface area contributed by atoms with Gasteiger partial charge in [0.2, 0.25) is 11.7 Å². The van der Waals surface area contributed by atoms with Gasteiger partial charge in [-0.05, 0) is 68.5 Å². The predicted octanol–water partition coefficient (Wildman–Crippen LogP) is 5.78. The Kier molecular flexibility index (Phi) is 5.85. The lowest BCUT2D eigenvalue weighted by atomic mass is 9.89. The second-order valence-electron chi connectivity index (χ2n) is 8.20. The van der Waals surface area contributed by atoms with Gasteiger partial charge in [-0.3, -0.25) is 0 Å². The number of pyridine rings is 1. The highest BCUT2D eigenvalue weighted by Crippen LogP contribution is 2.32. The van der Waals surface area contributed by atoms with E-state index in [0.717, 1.165) is 17.8 Å². The number of hydrogen-bond acceptors (Lipinski definition) is 5. The van der Waals surface area contributed by atoms with Crippen LogP contribution < -0.4 is 5.32 Å². The SMILES string of the molecule is CNc1ncccc1-c1noc(C(Cc2ccc(C)c(C)c2)c2cc(C)cc(C)c2)n1. The third-order valence-electron chi connectivity index (χ3n) is 5.68. The molecule has 0 amide bonds. The van der Waals surface area contributed by atoms with Crippen LogP contribution in [-0.4, -0.2) is 22.2 Å². The zero-order valence-electron chi connectivity index (χ0n) is 18.7. The summed E-state index contributed by atoms with van der Waals surface area (Å²) < 4.78 is 5.82. The molecule has 2 aromatic heterocycles. The third-order valence-corrected chi connectivity index (χ3v) is 5.68. The van der Waals surface area contributed by atoms with E-state index in [-0.39, 0.29) is 5.92 Å². The monoisotopic (exact) mass is 412 g/mol. The van der Waals surface area contributed by atoms with Gasteiger partial charge in [-0.1, -0.05) is 52.7 Å². The Morgan fingerprint density at radius 3 is 2.42 bits per heavy atom. The van der Waals surface area contributed by atoms with Gasteiger partial charge in [-0.15, -0.1) is 0 Å². The molecule has 0 radical (unpaired) electrons. The molecule has 158 valence electrons. The lowest BCUT2D eigenvalue weighted by Gasteiger charge is -2.16. The summed E-state index contributed by atoms with van der Waals surface area (Å²) in [4.78, 5) is 9.17. The summed E-state index contributed by atoms with van der Waals surface area (Å²) in [5, 5.41) is 7.39. The fourth-order valence-corrected chi connectivity index (χ4v) is 4.00. The highest BCUT2D eigenvalue weighted by molar-refractivity contribution is 5.69. The average molecular weight is 413 g/mol. The second-order valence-corrected chi connectivity index (χ2v) is 8.20. The molecule has 5 heteroatoms. The number of rotatable bonds is 6. The first-order valence-corrected chi connectivity index (χ1v) is 10.6. The topological polar surface area (TPSA) is 63.8 Å². The number of benzene rings is 2. The maximum absolute atomic E-state index is 5.82. The Morgan fingerprint density at radius 2 is 1.71 bits per heavy atom. The molecule has 0 aliphatic rings. The first-order valence-electron chi connectivity index (χ1n) is 10.6. The lowest BCUT2D eigenvalue weighted by Crippen LogP contribution is -2.07. The molecule has 2 heterocycles. The van der Waals surface area contributed by atoms with E-state index >= 15 is 0 Å². The Hall–Kier alpha value is -3.47. The van der Waals surface area contributed by atoms with Crippen LogP contribution in [-0.2, 0) is 6.42 Å². The molecule has 2 aromatic carbocycles. The van der Waals surface area contributed by atoms with E-state index in [0.29, 0.717) is 11.7 Å². The van der Waals surface area contributed by atoms with Gasteiger partial charge < -0.3 is 9.84 Å². The Labute approximate surface area is 183 Å². The minimum absolute atomic E-state index is 0.0309. The summed E-state index contributed by atoms with van der Waals surface area (Å²) in [6.07, 6.45) is 2.53. The lowest BCUT2D eigenvalue weighted by molar-refractivity contribution is 0.365. The van der Waals surface area contributed by atoms with Crippen molar-refractivity contribution in [2.24, 2.45) is 0 Å². The zero-order valence-corrected chi connectivity index (χ0v) is 18.7. The quantitative estimate of drug-likeness (QED) is 0.435. The number of aryl methyl sites for hydroxylation is 4. The maximum atomic E-state index is 5.82. The van der Waals surface area contributed by atoms with Crippen molar-refractivity contribution < 1.29 is 4.52 Å². The number of nitrogens with zero attached hydrogens (tertiary/aromatic N) is 3. The molecule has 1 atom stereocenters. The van der Waals surface area contributed by atoms with Crippen molar-refractivity contribution in [3.05, 3.63) is 94.0 Å². The molecule has 0 bridgehead atoms. The molecule has 5 nitrogen and oxygen atoms in total. The fraction of sp³-hybridized carbons (Fsp3) is 0.269. The van der Waals surface area contributed by atoms with Gasteiger partial charge in [0.05, 0.1) is 11.5 Å². The maximum Gasteiger partial charge on any atom is 0.234 e. The van der Waals surface area contributed by atoms with Gasteiger partial charge in [-0.2, -0.15) is 4.98 Å². The molecule has 1 N–H and O–H groups in total. The normalized spacial score (nSPS) is 12.0. The Balaban J connectivity index is 1.77. The molecule has 0 aliphatic heterocycles. The van der Waals surface area contributed by atoms with Crippen molar-refractivity contribution >= 4 is 5.82 Å². The first kappa shape index (κ1) is 20.8. The van der Waals surface area contributed by atoms with Crippen LogP contribution in [0.1, 0.15) is 45.2 Å². The second kappa shape index (κ2) is 8.72. The average Bonchev–Trinajstić information content (AvgIpc) is 3.23. The number of aromatic nitrogens is 3. The summed E-state index contributed by atoms with van der Waals surface area (Å²) in [6.45, 7) is 8.53. The third kappa shape index (κ3) is 4.50. The summed E-state index contributed by atoms with van der Waals surface area (Å²) in [5.74, 6) is 1.86. The highest BCUT2D eigenvalue weighted by Gasteiger charge is 2.24. The van der Waals surface area contributed by atoms with Crippen LogP contribution in [0.25, 0.3) is 11.4 Å². The predicted molar refractivity (Wildman–Crippen MR) is 124 cm³/mol. The Morgan fingerprint density at radius 1 is 0.935 bits per heavy atom. The van der Waals surface area contributed by atoms with Crippen molar-refractivity contribution in [2.45, 2.75) is 40.0 Å². The van der Waals surface area contributed by atoms with Gasteiger partial charge in [-0.25, -0.2) is 4.98 Å². The fourth-order valence-electron chi connectivity index (χ4n) is 4.00. The molecule has 0 spiro atoms. The van der Waals surface area contributed by atoms with E-state index in [4.69, 9.17) is 9.51 Å². The minimum Gasteiger partial charge on any atom is -0.373 e. The minimum atomic E-state index is -0.0309. The van der Waals surface area contributed by atoms with E-state index in [2.05, 4.69) is 79.6 Å². The molecule has 1 unspecified atom stereocenters. The van der Waals surface area contributed by atoms with E-state index in [1.807, 2.05) is 19.2 Å². The van der Waals surface area contributed by atoms with Crippen molar-refractivity contribution in [1.82, 2.24) is 15.1 Å². The number of hydrogen-bond donors (Lipinski definition) is 1. The molecular formula is C26H28N4O. The van der Waals surface area contributed by atoms with Crippen LogP contribution in [0.15, 0.2) is 59.3 Å². The molecule has 4 rings (SSSR count). The van der Waals surface area contributed by atoms with E-state index in [1.165, 1.54) is 33.4 Å². The summed E-state index contributed by atoms with van der Waals surface area (Å²) >= 11 is 0. The highest BCUT2D eigenvalue weighted by atomic mass is 16.5. The van der Waals surface area contributed by atoms with E-state index in [9.17, 15) is 0 Å². The standard InChI is InChI=1S/C26H28N4O/c1-16-11-17(2)13-21(12-16)23(15-20-9-8-18(3)19(4)14-20)26-29-25(30-31-26)22-7-6-10-28-24(22)27-5/h6-14,23H,15H2,1-5H3,(H,27,28). The molecule has 0 fully saturated rings. The summed E-state index contributed by atoms with van der Waals surface area (Å²) in [5.41, 5.74) is 8.30. The van der Waals surface area contributed by atoms with Crippen LogP contribution in [0, 0.1) is 27.7 Å². The van der Waals surface area contributed by atoms with Crippen molar-refractivity contribution in [3.63, 3.8) is 0 Å². The molecule has 0 saturated carbocycles. The Bertz CT molecular complexity index is 1190. The van der Waals surface area contributed by atoms with Crippen LogP contribution in [0.4, 0.5) is 5.82 Å². The van der Waals surface area contributed by atoms with Crippen molar-refractivity contribution in [3.8, 4) is 11.4 Å². The van der Waals surface area contributed by atoms with E-state index in [1.54, 1.807) is 6.20 Å². The number of nitrogens with one attached hydrogen (secondary N) is 1. The zero-order chi connectivity index (χ0) is 22.0. The van der Waals surface area contributed by atoms with Crippen LogP contribution >= 0.6 is 0 Å². The van der Waals surface area contributed by atoms with Crippen LogP contribution in [0.3, 0.4) is 0 Å². The van der Waals surface area contributed by atoms with Gasteiger partial charge >= 0.3 is 0 Å². The molecule has 4 aromatic rings. The van der Waals surface area contributed by atoms with E-state index < -0.39 is 0 Å². The first-order chi connectivity index (χ1) is 14.9. The largest absolute Gasteiger partial charge is 0.373 e. The number of anilines is 1. The van der Waals surface area contributed by atoms with Crippen LogP contribution in [0.5, 0.6) is 0 Å². The van der Waals surface area contributed by atoms with Gasteiger partial charge in [0, 0.05) is 13.2 Å². The molecule has 31 heavy (non-hydrogen) atoms. The summed E-state index contributed by atoms with van der Waals surface area (Å²) in [7, 11) is 1.84. The molecular weight excluding hydrogens is 384 g/mol. The van der Waals surface area contributed by atoms with Crippen molar-refractivity contribution in [2.75, 3.05) is 12.4 Å². The summed E-state index contributed by atoms with van der Waals surface area (Å²) in [6, 6.07) is 17.1. The van der Waals surface area contributed by atoms with Crippen molar-refractivity contribution in [1.29, 1.82) is 0 Å². The van der Waals surface area contributed by atoms with Gasteiger partial charge in [0.1, 0.15) is 5.82 Å². The smallest absolute Gasteiger partial charge is 0.234 e. The molecule has 0 saturated heterocycles.